The van der Waals surface area contributed by atoms with Crippen molar-refractivity contribution in [2.75, 3.05) is 46.4 Å². The third kappa shape index (κ3) is 4.18. The van der Waals surface area contributed by atoms with Crippen LogP contribution in [0, 0.1) is 0 Å². The Bertz CT molecular complexity index is 947. The molecule has 2 heterocycles. The van der Waals surface area contributed by atoms with Crippen LogP contribution in [0.25, 0.3) is 6.08 Å². The minimum Gasteiger partial charge on any atom is -0.507 e. The van der Waals surface area contributed by atoms with Crippen LogP contribution in [0.15, 0.2) is 42.2 Å². The molecule has 1 saturated heterocycles. The molecule has 2 aromatic carbocycles. The quantitative estimate of drug-likeness (QED) is 0.706. The second-order valence-electron chi connectivity index (χ2n) is 7.49. The van der Waals surface area contributed by atoms with Crippen molar-refractivity contribution >= 4 is 11.9 Å². The van der Waals surface area contributed by atoms with Gasteiger partial charge in [0.1, 0.15) is 17.2 Å². The van der Waals surface area contributed by atoms with Crippen LogP contribution in [0.1, 0.15) is 21.5 Å². The zero-order valence-electron chi connectivity index (χ0n) is 17.0. The zero-order chi connectivity index (χ0) is 21.1. The summed E-state index contributed by atoms with van der Waals surface area (Å²) in [6, 6.07) is 10.5. The molecule has 0 spiro atoms. The Morgan fingerprint density at radius 2 is 1.77 bits per heavy atom. The van der Waals surface area contributed by atoms with Gasteiger partial charge in [-0.1, -0.05) is 12.1 Å². The topological polar surface area (TPSA) is 82.5 Å². The number of carbonyl (C=O) groups excluding carboxylic acids is 1. The monoisotopic (exact) mass is 410 g/mol. The lowest BCUT2D eigenvalue weighted by atomic mass is 10.0. The highest BCUT2D eigenvalue weighted by molar-refractivity contribution is 6.15. The fraction of sp³-hybridized carbons (Fsp3) is 0.348. The number of nitrogens with zero attached hydrogens (tertiary/aromatic N) is 2. The number of methoxy groups -OCH3 is 1. The zero-order valence-corrected chi connectivity index (χ0v) is 17.0. The number of rotatable bonds is 6. The van der Waals surface area contributed by atoms with E-state index in [1.807, 2.05) is 24.3 Å². The van der Waals surface area contributed by atoms with Crippen LogP contribution in [0.3, 0.4) is 0 Å². The molecule has 0 radical (unpaired) electrons. The van der Waals surface area contributed by atoms with E-state index in [2.05, 4.69) is 9.80 Å². The fourth-order valence-corrected chi connectivity index (χ4v) is 3.84. The molecule has 0 amide bonds. The molecular weight excluding hydrogens is 384 g/mol. The number of β-amino-alcohol motifs (C(OH)–C–C–N with tert-alkyl or cyclic N) is 1. The van der Waals surface area contributed by atoms with E-state index in [9.17, 15) is 9.90 Å². The second kappa shape index (κ2) is 8.87. The van der Waals surface area contributed by atoms with E-state index in [4.69, 9.17) is 14.6 Å². The van der Waals surface area contributed by atoms with Crippen molar-refractivity contribution in [1.29, 1.82) is 0 Å². The molecule has 2 aliphatic heterocycles. The van der Waals surface area contributed by atoms with Crippen molar-refractivity contribution in [3.63, 3.8) is 0 Å². The highest BCUT2D eigenvalue weighted by atomic mass is 16.5. The van der Waals surface area contributed by atoms with Gasteiger partial charge in [-0.2, -0.15) is 0 Å². The van der Waals surface area contributed by atoms with Gasteiger partial charge in [0, 0.05) is 39.3 Å². The van der Waals surface area contributed by atoms with Crippen molar-refractivity contribution in [3.8, 4) is 17.2 Å². The standard InChI is InChI=1S/C23H26N2O5/c1-29-17-4-2-16(3-5-17)14-21-22(28)18-6-7-20(27)19(23(18)30-21)15-25-10-8-24(9-11-25)12-13-26/h2-7,14,26-27H,8-13,15H2,1H3. The molecular formula is C23H26N2O5. The fourth-order valence-electron chi connectivity index (χ4n) is 3.84. The first-order valence-electron chi connectivity index (χ1n) is 10.1. The van der Waals surface area contributed by atoms with Gasteiger partial charge < -0.3 is 19.7 Å². The van der Waals surface area contributed by atoms with Crippen molar-refractivity contribution < 1.29 is 24.5 Å². The van der Waals surface area contributed by atoms with Gasteiger partial charge in [0.15, 0.2) is 5.76 Å². The highest BCUT2D eigenvalue weighted by Gasteiger charge is 2.32. The van der Waals surface area contributed by atoms with E-state index in [1.54, 1.807) is 25.3 Å². The van der Waals surface area contributed by atoms with Gasteiger partial charge in [-0.05, 0) is 35.9 Å². The lowest BCUT2D eigenvalue weighted by Crippen LogP contribution is -2.46. The molecule has 0 bridgehead atoms. The number of aromatic hydroxyl groups is 1. The molecule has 0 unspecified atom stereocenters. The average molecular weight is 410 g/mol. The van der Waals surface area contributed by atoms with Crippen molar-refractivity contribution in [2.45, 2.75) is 6.54 Å². The van der Waals surface area contributed by atoms with Crippen LogP contribution < -0.4 is 9.47 Å². The van der Waals surface area contributed by atoms with Crippen LogP contribution in [0.2, 0.25) is 0 Å². The SMILES string of the molecule is COc1ccc(C=C2Oc3c(ccc(O)c3CN3CCN(CCO)CC3)C2=O)cc1. The number of carbonyl (C=O) groups is 1. The number of aliphatic hydroxyl groups is 1. The molecule has 0 atom stereocenters. The first-order chi connectivity index (χ1) is 14.6. The molecule has 0 aromatic heterocycles. The molecule has 2 N–H and O–H groups in total. The van der Waals surface area contributed by atoms with E-state index >= 15 is 0 Å². The van der Waals surface area contributed by atoms with E-state index in [1.165, 1.54) is 0 Å². The smallest absolute Gasteiger partial charge is 0.231 e. The van der Waals surface area contributed by atoms with Gasteiger partial charge in [-0.25, -0.2) is 0 Å². The summed E-state index contributed by atoms with van der Waals surface area (Å²) in [5.74, 6) is 1.37. The Balaban J connectivity index is 1.53. The number of Topliss-reactive ketones (excluding diaryl/α,β-unsaturated/α-hetero) is 1. The molecule has 0 saturated carbocycles. The maximum Gasteiger partial charge on any atom is 0.231 e. The Hall–Kier alpha value is -2.87. The van der Waals surface area contributed by atoms with Crippen molar-refractivity contribution in [3.05, 3.63) is 58.8 Å². The lowest BCUT2D eigenvalue weighted by Gasteiger charge is -2.34. The summed E-state index contributed by atoms with van der Waals surface area (Å²) in [6.07, 6.45) is 1.70. The van der Waals surface area contributed by atoms with Crippen LogP contribution in [-0.2, 0) is 6.54 Å². The molecule has 4 rings (SSSR count). The Labute approximate surface area is 175 Å². The normalized spacial score (nSPS) is 18.5. The summed E-state index contributed by atoms with van der Waals surface area (Å²) in [4.78, 5) is 17.3. The summed E-state index contributed by atoms with van der Waals surface area (Å²) in [7, 11) is 1.61. The maximum atomic E-state index is 12.9. The number of allylic oxidation sites excluding steroid dienone is 1. The number of aliphatic hydroxyl groups excluding tert-OH is 1. The number of benzene rings is 2. The van der Waals surface area contributed by atoms with Gasteiger partial charge in [0.05, 0.1) is 24.8 Å². The number of hydrogen-bond donors (Lipinski definition) is 2. The average Bonchev–Trinajstić information content (AvgIpc) is 3.08. The number of ether oxygens (including phenoxy) is 2. The highest BCUT2D eigenvalue weighted by Crippen LogP contribution is 2.40. The number of piperazine rings is 1. The Morgan fingerprint density at radius 3 is 2.43 bits per heavy atom. The van der Waals surface area contributed by atoms with Crippen LogP contribution >= 0.6 is 0 Å². The summed E-state index contributed by atoms with van der Waals surface area (Å²) in [6.45, 7) is 4.71. The maximum absolute atomic E-state index is 12.9. The summed E-state index contributed by atoms with van der Waals surface area (Å²) >= 11 is 0. The van der Waals surface area contributed by atoms with Crippen molar-refractivity contribution in [1.82, 2.24) is 9.80 Å². The molecule has 158 valence electrons. The lowest BCUT2D eigenvalue weighted by molar-refractivity contribution is 0.101. The molecule has 0 aliphatic carbocycles. The number of ketones is 1. The Morgan fingerprint density at radius 1 is 1.07 bits per heavy atom. The predicted molar refractivity (Wildman–Crippen MR) is 113 cm³/mol. The molecule has 7 nitrogen and oxygen atoms in total. The number of fused-ring (bicyclic) bond motifs is 1. The van der Waals surface area contributed by atoms with Gasteiger partial charge in [-0.3, -0.25) is 14.6 Å². The third-order valence-electron chi connectivity index (χ3n) is 5.59. The molecule has 1 fully saturated rings. The van der Waals surface area contributed by atoms with Crippen LogP contribution in [0.5, 0.6) is 17.2 Å². The van der Waals surface area contributed by atoms with Gasteiger partial charge in [-0.15, -0.1) is 0 Å². The third-order valence-corrected chi connectivity index (χ3v) is 5.59. The van der Waals surface area contributed by atoms with E-state index in [-0.39, 0.29) is 23.9 Å². The second-order valence-corrected chi connectivity index (χ2v) is 7.49. The van der Waals surface area contributed by atoms with Gasteiger partial charge >= 0.3 is 0 Å². The predicted octanol–water partition coefficient (Wildman–Crippen LogP) is 2.13. The van der Waals surface area contributed by atoms with Crippen molar-refractivity contribution in [2.24, 2.45) is 0 Å². The van der Waals surface area contributed by atoms with Crippen LogP contribution in [-0.4, -0.2) is 72.2 Å². The molecule has 2 aliphatic rings. The largest absolute Gasteiger partial charge is 0.507 e. The first-order valence-corrected chi connectivity index (χ1v) is 10.1. The van der Waals surface area contributed by atoms with Crippen LogP contribution in [0.4, 0.5) is 0 Å². The van der Waals surface area contributed by atoms with E-state index < -0.39 is 0 Å². The summed E-state index contributed by atoms with van der Waals surface area (Å²) < 4.78 is 11.1. The van der Waals surface area contributed by atoms with E-state index in [0.717, 1.165) is 37.5 Å². The summed E-state index contributed by atoms with van der Waals surface area (Å²) in [5, 5.41) is 19.6. The molecule has 30 heavy (non-hydrogen) atoms. The minimum absolute atomic E-state index is 0.130. The Kier molecular flexibility index (Phi) is 6.03. The number of phenols is 1. The number of phenolic OH excluding ortho intramolecular Hbond substituents is 1. The van der Waals surface area contributed by atoms with E-state index in [0.29, 0.717) is 30.0 Å². The van der Waals surface area contributed by atoms with Gasteiger partial charge in [0.25, 0.3) is 0 Å². The molecule has 7 heteroatoms. The van der Waals surface area contributed by atoms with Gasteiger partial charge in [0.2, 0.25) is 5.78 Å². The molecule has 2 aromatic rings. The first kappa shape index (κ1) is 20.4. The minimum atomic E-state index is -0.185. The number of hydrogen-bond acceptors (Lipinski definition) is 7. The summed E-state index contributed by atoms with van der Waals surface area (Å²) in [5.41, 5.74) is 1.94.